The van der Waals surface area contributed by atoms with E-state index < -0.39 is 0 Å². The number of aromatic nitrogens is 1. The van der Waals surface area contributed by atoms with Crippen LogP contribution in [0.15, 0.2) is 42.7 Å². The second-order valence-corrected chi connectivity index (χ2v) is 6.74. The number of likely N-dealkylation sites (tertiary alicyclic amines) is 1. The first-order chi connectivity index (χ1) is 12.0. The molecule has 1 aliphatic rings. The summed E-state index contributed by atoms with van der Waals surface area (Å²) in [6.45, 7) is 1.14. The summed E-state index contributed by atoms with van der Waals surface area (Å²) in [6, 6.07) is 8.27. The molecular formula is C18H17Cl2N3O2. The third-order valence-electron chi connectivity index (χ3n) is 4.22. The molecule has 1 saturated heterocycles. The highest BCUT2D eigenvalue weighted by Crippen LogP contribution is 2.23. The van der Waals surface area contributed by atoms with Crippen molar-refractivity contribution < 1.29 is 9.59 Å². The molecule has 0 aliphatic carbocycles. The van der Waals surface area contributed by atoms with Gasteiger partial charge in [0.1, 0.15) is 0 Å². The Balaban J connectivity index is 1.56. The Hall–Kier alpha value is -2.11. The van der Waals surface area contributed by atoms with Gasteiger partial charge in [-0.25, -0.2) is 0 Å². The first-order valence-electron chi connectivity index (χ1n) is 8.00. The Morgan fingerprint density at radius 1 is 1.08 bits per heavy atom. The number of amides is 2. The van der Waals surface area contributed by atoms with E-state index in [1.807, 2.05) is 0 Å². The van der Waals surface area contributed by atoms with Crippen molar-refractivity contribution in [3.05, 3.63) is 63.9 Å². The van der Waals surface area contributed by atoms with Crippen LogP contribution in [0.2, 0.25) is 10.0 Å². The van der Waals surface area contributed by atoms with Gasteiger partial charge < -0.3 is 10.2 Å². The molecule has 0 saturated carbocycles. The van der Waals surface area contributed by atoms with Gasteiger partial charge in [-0.3, -0.25) is 14.6 Å². The molecule has 2 aromatic rings. The molecule has 3 rings (SSSR count). The Morgan fingerprint density at radius 2 is 1.76 bits per heavy atom. The summed E-state index contributed by atoms with van der Waals surface area (Å²) in [5.74, 6) is -0.228. The molecule has 0 bridgehead atoms. The highest BCUT2D eigenvalue weighted by molar-refractivity contribution is 6.36. The van der Waals surface area contributed by atoms with Crippen molar-refractivity contribution in [1.82, 2.24) is 15.2 Å². The van der Waals surface area contributed by atoms with E-state index in [9.17, 15) is 9.59 Å². The van der Waals surface area contributed by atoms with E-state index in [-0.39, 0.29) is 17.9 Å². The van der Waals surface area contributed by atoms with Crippen LogP contribution < -0.4 is 5.32 Å². The predicted octanol–water partition coefficient (Wildman–Crippen LogP) is 3.42. The van der Waals surface area contributed by atoms with Crippen molar-refractivity contribution >= 4 is 35.0 Å². The van der Waals surface area contributed by atoms with Gasteiger partial charge in [0.15, 0.2) is 0 Å². The molecule has 25 heavy (non-hydrogen) atoms. The number of hydrogen-bond donors (Lipinski definition) is 1. The minimum atomic E-state index is -0.118. The Kier molecular flexibility index (Phi) is 5.56. The number of piperidine rings is 1. The molecule has 2 heterocycles. The molecule has 5 nitrogen and oxygen atoms in total. The second-order valence-electron chi connectivity index (χ2n) is 5.90. The van der Waals surface area contributed by atoms with Crippen LogP contribution in [0.5, 0.6) is 0 Å². The van der Waals surface area contributed by atoms with Crippen LogP contribution in [-0.4, -0.2) is 40.8 Å². The zero-order chi connectivity index (χ0) is 17.8. The zero-order valence-electron chi connectivity index (χ0n) is 13.4. The molecule has 7 heteroatoms. The Labute approximate surface area is 155 Å². The minimum absolute atomic E-state index is 0.0467. The van der Waals surface area contributed by atoms with Crippen LogP contribution in [0.4, 0.5) is 0 Å². The van der Waals surface area contributed by atoms with Crippen molar-refractivity contribution in [2.75, 3.05) is 13.1 Å². The maximum atomic E-state index is 12.6. The number of benzene rings is 1. The highest BCUT2D eigenvalue weighted by Gasteiger charge is 2.26. The van der Waals surface area contributed by atoms with Gasteiger partial charge in [-0.2, -0.15) is 0 Å². The van der Waals surface area contributed by atoms with E-state index in [4.69, 9.17) is 23.2 Å². The second kappa shape index (κ2) is 7.85. The maximum absolute atomic E-state index is 12.6. The number of nitrogens with one attached hydrogen (secondary N) is 1. The summed E-state index contributed by atoms with van der Waals surface area (Å²) in [6.07, 6.45) is 4.58. The Bertz CT molecular complexity index is 775. The van der Waals surface area contributed by atoms with Crippen molar-refractivity contribution in [3.63, 3.8) is 0 Å². The predicted molar refractivity (Wildman–Crippen MR) is 97.1 cm³/mol. The summed E-state index contributed by atoms with van der Waals surface area (Å²) >= 11 is 12.0. The van der Waals surface area contributed by atoms with Crippen LogP contribution in [0, 0.1) is 0 Å². The monoisotopic (exact) mass is 377 g/mol. The number of halogens is 2. The number of carbonyl (C=O) groups excluding carboxylic acids is 2. The van der Waals surface area contributed by atoms with Crippen molar-refractivity contribution in [1.29, 1.82) is 0 Å². The normalized spacial score (nSPS) is 15.0. The van der Waals surface area contributed by atoms with Gasteiger partial charge in [-0.1, -0.05) is 23.2 Å². The van der Waals surface area contributed by atoms with Crippen LogP contribution in [0.1, 0.15) is 33.6 Å². The van der Waals surface area contributed by atoms with Gasteiger partial charge in [0.25, 0.3) is 11.8 Å². The SMILES string of the molecule is O=C(NC1CCN(C(=O)c2ccc(Cl)cc2Cl)CC1)c1ccncc1. The molecule has 2 amide bonds. The number of carbonyl (C=O) groups is 2. The van der Waals surface area contributed by atoms with E-state index in [2.05, 4.69) is 10.3 Å². The molecule has 0 atom stereocenters. The number of hydrogen-bond acceptors (Lipinski definition) is 3. The fourth-order valence-corrected chi connectivity index (χ4v) is 3.32. The highest BCUT2D eigenvalue weighted by atomic mass is 35.5. The van der Waals surface area contributed by atoms with Crippen molar-refractivity contribution in [3.8, 4) is 0 Å². The van der Waals surface area contributed by atoms with Crippen LogP contribution in [-0.2, 0) is 0 Å². The largest absolute Gasteiger partial charge is 0.349 e. The average Bonchev–Trinajstić information content (AvgIpc) is 2.62. The molecule has 1 aliphatic heterocycles. The fraction of sp³-hybridized carbons (Fsp3) is 0.278. The van der Waals surface area contributed by atoms with Gasteiger partial charge in [-0.15, -0.1) is 0 Å². The average molecular weight is 378 g/mol. The minimum Gasteiger partial charge on any atom is -0.349 e. The maximum Gasteiger partial charge on any atom is 0.255 e. The first-order valence-corrected chi connectivity index (χ1v) is 8.75. The van der Waals surface area contributed by atoms with E-state index in [1.54, 1.807) is 47.6 Å². The standard InChI is InChI=1S/C18H17Cl2N3O2/c19-13-1-2-15(16(20)11-13)18(25)23-9-5-14(6-10-23)22-17(24)12-3-7-21-8-4-12/h1-4,7-8,11,14H,5-6,9-10H2,(H,22,24). The van der Waals surface area contributed by atoms with Crippen LogP contribution in [0.3, 0.4) is 0 Å². The third kappa shape index (κ3) is 4.30. The van der Waals surface area contributed by atoms with E-state index in [1.165, 1.54) is 0 Å². The van der Waals surface area contributed by atoms with Crippen molar-refractivity contribution in [2.45, 2.75) is 18.9 Å². The molecule has 0 radical (unpaired) electrons. The number of rotatable bonds is 3. The van der Waals surface area contributed by atoms with E-state index >= 15 is 0 Å². The Morgan fingerprint density at radius 3 is 2.40 bits per heavy atom. The van der Waals surface area contributed by atoms with Gasteiger partial charge in [0, 0.05) is 42.1 Å². The molecular weight excluding hydrogens is 361 g/mol. The lowest BCUT2D eigenvalue weighted by Crippen LogP contribution is -2.46. The van der Waals surface area contributed by atoms with Crippen molar-refractivity contribution in [2.24, 2.45) is 0 Å². The smallest absolute Gasteiger partial charge is 0.255 e. The molecule has 0 unspecified atom stereocenters. The molecule has 0 spiro atoms. The molecule has 130 valence electrons. The summed E-state index contributed by atoms with van der Waals surface area (Å²) < 4.78 is 0. The zero-order valence-corrected chi connectivity index (χ0v) is 14.9. The molecule has 1 aromatic carbocycles. The molecule has 1 aromatic heterocycles. The van der Waals surface area contributed by atoms with E-state index in [0.717, 1.165) is 0 Å². The number of nitrogens with zero attached hydrogens (tertiary/aromatic N) is 2. The van der Waals surface area contributed by atoms with Gasteiger partial charge in [0.2, 0.25) is 0 Å². The quantitative estimate of drug-likeness (QED) is 0.890. The lowest BCUT2D eigenvalue weighted by molar-refractivity contribution is 0.0698. The molecule has 1 N–H and O–H groups in total. The van der Waals surface area contributed by atoms with Gasteiger partial charge >= 0.3 is 0 Å². The summed E-state index contributed by atoms with van der Waals surface area (Å²) in [5.41, 5.74) is 1.03. The van der Waals surface area contributed by atoms with E-state index in [0.29, 0.717) is 47.1 Å². The molecule has 1 fully saturated rings. The summed E-state index contributed by atoms with van der Waals surface area (Å²) in [4.78, 5) is 30.4. The first kappa shape index (κ1) is 17.7. The number of pyridine rings is 1. The third-order valence-corrected chi connectivity index (χ3v) is 4.77. The summed E-state index contributed by atoms with van der Waals surface area (Å²) in [5, 5.41) is 3.86. The summed E-state index contributed by atoms with van der Waals surface area (Å²) in [7, 11) is 0. The fourth-order valence-electron chi connectivity index (χ4n) is 2.83. The lowest BCUT2D eigenvalue weighted by Gasteiger charge is -2.32. The van der Waals surface area contributed by atoms with Gasteiger partial charge in [0.05, 0.1) is 10.6 Å². The van der Waals surface area contributed by atoms with Crippen LogP contribution in [0.25, 0.3) is 0 Å². The van der Waals surface area contributed by atoms with Crippen LogP contribution >= 0.6 is 23.2 Å². The topological polar surface area (TPSA) is 62.3 Å². The van der Waals surface area contributed by atoms with Gasteiger partial charge in [-0.05, 0) is 43.2 Å². The lowest BCUT2D eigenvalue weighted by atomic mass is 10.0.